The van der Waals surface area contributed by atoms with Gasteiger partial charge in [-0.15, -0.1) is 0 Å². The van der Waals surface area contributed by atoms with E-state index in [1.54, 1.807) is 0 Å². The summed E-state index contributed by atoms with van der Waals surface area (Å²) in [6, 6.07) is 33.6. The van der Waals surface area contributed by atoms with E-state index in [-0.39, 0.29) is 5.92 Å². The largest absolute Gasteiger partial charge is 0.281 e. The van der Waals surface area contributed by atoms with Gasteiger partial charge in [-0.1, -0.05) is 50.2 Å². The Morgan fingerprint density at radius 1 is 0.729 bits per heavy atom. The highest BCUT2D eigenvalue weighted by atomic mass is 15.2. The molecular weight excluding hydrogens is 591 g/mol. The van der Waals surface area contributed by atoms with Crippen LogP contribution in [0.1, 0.15) is 48.6 Å². The van der Waals surface area contributed by atoms with Crippen LogP contribution in [-0.2, 0) is 6.42 Å². The molecule has 2 aromatic carbocycles. The monoisotopic (exact) mass is 623 g/mol. The molecule has 0 amide bonds. The Morgan fingerprint density at radius 3 is 2.35 bits per heavy atom. The van der Waals surface area contributed by atoms with Crippen molar-refractivity contribution in [2.75, 3.05) is 4.90 Å². The summed E-state index contributed by atoms with van der Waals surface area (Å²) in [4.78, 5) is 26.4. The van der Waals surface area contributed by atoms with Crippen LogP contribution < -0.4 is 4.90 Å². The Hall–Kier alpha value is -5.95. The number of aromatic nitrogens is 5. The van der Waals surface area contributed by atoms with Crippen molar-refractivity contribution in [2.24, 2.45) is 10.9 Å². The number of nitrogens with zero attached hydrogens (tertiary/aromatic N) is 7. The van der Waals surface area contributed by atoms with Gasteiger partial charge >= 0.3 is 0 Å². The second kappa shape index (κ2) is 11.4. The Bertz CT molecular complexity index is 2370. The molecule has 0 spiro atoms. The lowest BCUT2D eigenvalue weighted by Crippen LogP contribution is -2.13. The molecule has 7 heteroatoms. The molecule has 48 heavy (non-hydrogen) atoms. The zero-order valence-electron chi connectivity index (χ0n) is 26.8. The van der Waals surface area contributed by atoms with Crippen LogP contribution in [0, 0.1) is 5.92 Å². The molecule has 2 aliphatic rings. The molecule has 9 rings (SSSR count). The molecule has 0 radical (unpaired) electrons. The average Bonchev–Trinajstić information content (AvgIpc) is 3.47. The Kier molecular flexibility index (Phi) is 6.71. The molecule has 0 saturated carbocycles. The number of rotatable bonds is 5. The number of aliphatic imine (C=N–C) groups is 1. The summed E-state index contributed by atoms with van der Waals surface area (Å²) in [5, 5.41) is 2.22. The first kappa shape index (κ1) is 28.3. The third-order valence-corrected chi connectivity index (χ3v) is 9.50. The number of fused-ring (bicyclic) bond motifs is 6. The van der Waals surface area contributed by atoms with Crippen molar-refractivity contribution in [1.29, 1.82) is 0 Å². The second-order valence-electron chi connectivity index (χ2n) is 12.8. The summed E-state index contributed by atoms with van der Waals surface area (Å²) in [6.45, 7) is 4.50. The molecule has 6 heterocycles. The Balaban J connectivity index is 1.13. The van der Waals surface area contributed by atoms with Crippen LogP contribution >= 0.6 is 0 Å². The van der Waals surface area contributed by atoms with E-state index in [0.29, 0.717) is 5.92 Å². The zero-order valence-corrected chi connectivity index (χ0v) is 26.8. The van der Waals surface area contributed by atoms with Crippen molar-refractivity contribution in [3.8, 4) is 5.82 Å². The van der Waals surface area contributed by atoms with Gasteiger partial charge in [0.25, 0.3) is 0 Å². The van der Waals surface area contributed by atoms with Crippen LogP contribution in [0.15, 0.2) is 121 Å². The topological polar surface area (TPSA) is 72.1 Å². The van der Waals surface area contributed by atoms with Gasteiger partial charge in [0.2, 0.25) is 0 Å². The van der Waals surface area contributed by atoms with Crippen LogP contribution in [0.5, 0.6) is 0 Å². The Labute approximate surface area is 279 Å². The molecule has 1 aliphatic carbocycles. The fraction of sp³-hybridized carbons (Fsp3) is 0.146. The number of hydrogen-bond acceptors (Lipinski definition) is 6. The van der Waals surface area contributed by atoms with Gasteiger partial charge in [0.15, 0.2) is 0 Å². The molecule has 0 saturated heterocycles. The highest BCUT2D eigenvalue weighted by Gasteiger charge is 2.28. The Morgan fingerprint density at radius 2 is 1.54 bits per heavy atom. The van der Waals surface area contributed by atoms with Crippen LogP contribution in [-0.4, -0.2) is 30.7 Å². The first-order chi connectivity index (χ1) is 23.6. The van der Waals surface area contributed by atoms with E-state index in [0.717, 1.165) is 63.6 Å². The zero-order chi connectivity index (χ0) is 32.2. The lowest BCUT2D eigenvalue weighted by Gasteiger charge is -2.25. The van der Waals surface area contributed by atoms with E-state index in [2.05, 4.69) is 95.0 Å². The maximum atomic E-state index is 5.22. The van der Waals surface area contributed by atoms with Gasteiger partial charge < -0.3 is 0 Å². The fourth-order valence-corrected chi connectivity index (χ4v) is 7.31. The standard InChI is InChI=1S/C41H33N7/c1-26-22-30-12-11-29-15-18-37(46-39(29)38(30)45-25-26)47(35-9-3-5-19-42-35)32-16-13-28(14-17-32)31-23-27(2)40-34(24-31)33-8-7-21-44-41(33)48(40)36-10-4-6-20-43-36/h3-21,24-27H,22-23H2,1-2H3. The third kappa shape index (κ3) is 4.70. The molecule has 2 unspecified atom stereocenters. The molecule has 0 N–H and O–H groups in total. The highest BCUT2D eigenvalue weighted by Crippen LogP contribution is 2.44. The van der Waals surface area contributed by atoms with Crippen molar-refractivity contribution in [3.63, 3.8) is 0 Å². The van der Waals surface area contributed by atoms with Gasteiger partial charge in [-0.05, 0) is 102 Å². The molecular formula is C41H33N7. The summed E-state index contributed by atoms with van der Waals surface area (Å²) in [5.41, 5.74) is 10.0. The molecule has 2 atom stereocenters. The minimum Gasteiger partial charge on any atom is -0.281 e. The second-order valence-corrected chi connectivity index (χ2v) is 12.8. The molecule has 0 bridgehead atoms. The maximum absolute atomic E-state index is 5.22. The first-order valence-electron chi connectivity index (χ1n) is 16.5. The summed E-state index contributed by atoms with van der Waals surface area (Å²) in [7, 11) is 0. The minimum atomic E-state index is 0.277. The predicted octanol–water partition coefficient (Wildman–Crippen LogP) is 9.78. The molecule has 1 aliphatic heterocycles. The van der Waals surface area contributed by atoms with E-state index in [1.807, 2.05) is 61.2 Å². The molecule has 232 valence electrons. The van der Waals surface area contributed by atoms with Crippen molar-refractivity contribution in [1.82, 2.24) is 24.5 Å². The predicted molar refractivity (Wildman–Crippen MR) is 195 cm³/mol. The molecule has 7 aromatic rings. The van der Waals surface area contributed by atoms with Crippen molar-refractivity contribution in [3.05, 3.63) is 138 Å². The molecule has 7 nitrogen and oxygen atoms in total. The SMILES string of the molecule is CC1C=Nc2c(ccc3ccc(N(c4ccc(C5=Cc6c(n(-c7ccccn7)c7ncccc67)C(C)C5)cc4)c4ccccn4)nc23)C1. The van der Waals surface area contributed by atoms with E-state index < -0.39 is 0 Å². The van der Waals surface area contributed by atoms with Crippen LogP contribution in [0.3, 0.4) is 0 Å². The van der Waals surface area contributed by atoms with E-state index in [9.17, 15) is 0 Å². The maximum Gasteiger partial charge on any atom is 0.146 e. The van der Waals surface area contributed by atoms with Gasteiger partial charge in [0.1, 0.15) is 23.1 Å². The van der Waals surface area contributed by atoms with Crippen LogP contribution in [0.4, 0.5) is 23.0 Å². The van der Waals surface area contributed by atoms with Gasteiger partial charge in [-0.2, -0.15) is 0 Å². The number of allylic oxidation sites excluding steroid dienone is 1. The fourth-order valence-electron chi connectivity index (χ4n) is 7.31. The van der Waals surface area contributed by atoms with Crippen molar-refractivity contribution in [2.45, 2.75) is 32.6 Å². The van der Waals surface area contributed by atoms with Crippen LogP contribution in [0.2, 0.25) is 0 Å². The van der Waals surface area contributed by atoms with E-state index >= 15 is 0 Å². The van der Waals surface area contributed by atoms with Gasteiger partial charge in [-0.3, -0.25) is 14.5 Å². The summed E-state index contributed by atoms with van der Waals surface area (Å²) in [6.07, 6.45) is 11.8. The van der Waals surface area contributed by atoms with Gasteiger partial charge in [0, 0.05) is 58.4 Å². The van der Waals surface area contributed by atoms with Gasteiger partial charge in [0.05, 0.1) is 11.2 Å². The van der Waals surface area contributed by atoms with E-state index in [1.165, 1.54) is 28.0 Å². The van der Waals surface area contributed by atoms with Crippen molar-refractivity contribution >= 4 is 62.8 Å². The average molecular weight is 624 g/mol. The van der Waals surface area contributed by atoms with Crippen molar-refractivity contribution < 1.29 is 0 Å². The first-order valence-corrected chi connectivity index (χ1v) is 16.5. The quantitative estimate of drug-likeness (QED) is 0.191. The number of pyridine rings is 4. The summed E-state index contributed by atoms with van der Waals surface area (Å²) < 4.78 is 2.23. The lowest BCUT2D eigenvalue weighted by molar-refractivity contribution is 0.725. The smallest absolute Gasteiger partial charge is 0.146 e. The third-order valence-electron chi connectivity index (χ3n) is 9.50. The number of benzene rings is 2. The van der Waals surface area contributed by atoms with E-state index in [4.69, 9.17) is 19.9 Å². The minimum absolute atomic E-state index is 0.277. The normalized spacial score (nSPS) is 16.8. The van der Waals surface area contributed by atoms with Crippen LogP contribution in [0.25, 0.3) is 39.4 Å². The number of anilines is 3. The molecule has 0 fully saturated rings. The number of hydrogen-bond donors (Lipinski definition) is 0. The highest BCUT2D eigenvalue weighted by molar-refractivity contribution is 5.98. The summed E-state index contributed by atoms with van der Waals surface area (Å²) in [5.74, 6) is 3.21. The lowest BCUT2D eigenvalue weighted by atomic mass is 9.85. The molecule has 5 aromatic heterocycles. The van der Waals surface area contributed by atoms with Gasteiger partial charge in [-0.25, -0.2) is 19.9 Å². The summed E-state index contributed by atoms with van der Waals surface area (Å²) >= 11 is 0.